The minimum absolute atomic E-state index is 0. The largest absolute Gasteiger partial charge is 0.465 e. The maximum atomic E-state index is 11.6. The molecule has 1 aromatic heterocycles. The van der Waals surface area contributed by atoms with E-state index in [0.717, 1.165) is 31.9 Å². The molecule has 1 aromatic rings. The van der Waals surface area contributed by atoms with Gasteiger partial charge in [-0.2, -0.15) is 0 Å². The average molecular weight is 449 g/mol. The molecule has 136 valence electrons. The van der Waals surface area contributed by atoms with Crippen molar-refractivity contribution in [3.63, 3.8) is 0 Å². The number of unbranched alkanes of at least 4 members (excludes halogenated alkanes) is 1. The van der Waals surface area contributed by atoms with E-state index < -0.39 is 5.97 Å². The van der Waals surface area contributed by atoms with Gasteiger partial charge in [0.25, 0.3) is 0 Å². The predicted octanol–water partition coefficient (Wildman–Crippen LogP) is 3.36. The van der Waals surface area contributed by atoms with Crippen LogP contribution in [0.1, 0.15) is 41.6 Å². The van der Waals surface area contributed by atoms with Crippen molar-refractivity contribution in [2.45, 2.75) is 33.2 Å². The van der Waals surface area contributed by atoms with Crippen molar-refractivity contribution in [2.24, 2.45) is 4.99 Å². The van der Waals surface area contributed by atoms with Crippen LogP contribution in [0.4, 0.5) is 0 Å². The second kappa shape index (κ2) is 11.9. The molecule has 0 atom stereocenters. The number of nitrogens with zero attached hydrogens (tertiary/aromatic N) is 2. The third kappa shape index (κ3) is 6.94. The first-order chi connectivity index (χ1) is 11.0. The van der Waals surface area contributed by atoms with Crippen LogP contribution < -0.4 is 5.32 Å². The van der Waals surface area contributed by atoms with Crippen molar-refractivity contribution >= 4 is 35.9 Å². The summed E-state index contributed by atoms with van der Waals surface area (Å²) in [5, 5.41) is 3.25. The van der Waals surface area contributed by atoms with Gasteiger partial charge in [-0.25, -0.2) is 9.79 Å². The van der Waals surface area contributed by atoms with Gasteiger partial charge in [0.15, 0.2) is 5.96 Å². The summed E-state index contributed by atoms with van der Waals surface area (Å²) >= 11 is 0. The summed E-state index contributed by atoms with van der Waals surface area (Å²) in [6.07, 6.45) is 3.91. The van der Waals surface area contributed by atoms with E-state index in [0.29, 0.717) is 23.6 Å². The molecule has 1 rings (SSSR count). The van der Waals surface area contributed by atoms with Crippen molar-refractivity contribution in [3.05, 3.63) is 35.8 Å². The van der Waals surface area contributed by atoms with Gasteiger partial charge in [-0.1, -0.05) is 6.08 Å². The van der Waals surface area contributed by atoms with Gasteiger partial charge < -0.3 is 19.4 Å². The lowest BCUT2D eigenvalue weighted by Gasteiger charge is -2.21. The number of aryl methyl sites for hydroxylation is 1. The Hall–Kier alpha value is -1.51. The van der Waals surface area contributed by atoms with E-state index in [4.69, 9.17) is 9.15 Å². The minimum Gasteiger partial charge on any atom is -0.465 e. The van der Waals surface area contributed by atoms with Gasteiger partial charge in [-0.05, 0) is 32.8 Å². The fourth-order valence-corrected chi connectivity index (χ4v) is 2.14. The Bertz CT molecular complexity index is 555. The van der Waals surface area contributed by atoms with E-state index in [9.17, 15) is 4.79 Å². The zero-order valence-electron chi connectivity index (χ0n) is 14.9. The van der Waals surface area contributed by atoms with Gasteiger partial charge in [-0.15, -0.1) is 30.6 Å². The Labute approximate surface area is 161 Å². The Balaban J connectivity index is 0.00000529. The van der Waals surface area contributed by atoms with Crippen LogP contribution in [0.2, 0.25) is 0 Å². The van der Waals surface area contributed by atoms with Gasteiger partial charge in [0.2, 0.25) is 0 Å². The van der Waals surface area contributed by atoms with Crippen LogP contribution in [0.15, 0.2) is 28.1 Å². The first kappa shape index (κ1) is 22.5. The summed E-state index contributed by atoms with van der Waals surface area (Å²) in [5.41, 5.74) is 0.446. The quantitative estimate of drug-likeness (QED) is 0.165. The highest BCUT2D eigenvalue weighted by Crippen LogP contribution is 2.16. The van der Waals surface area contributed by atoms with Gasteiger partial charge in [-0.3, -0.25) is 0 Å². The monoisotopic (exact) mass is 449 g/mol. The Morgan fingerprint density at radius 2 is 2.25 bits per heavy atom. The molecule has 0 bridgehead atoms. The molecular weight excluding hydrogens is 421 g/mol. The Kier molecular flexibility index (Phi) is 11.2. The maximum Gasteiger partial charge on any atom is 0.341 e. The molecule has 0 radical (unpaired) electrons. The molecule has 24 heavy (non-hydrogen) atoms. The van der Waals surface area contributed by atoms with E-state index in [1.165, 1.54) is 7.11 Å². The number of ether oxygens (including phenoxy) is 1. The Morgan fingerprint density at radius 3 is 2.83 bits per heavy atom. The molecule has 7 heteroatoms. The fourth-order valence-electron chi connectivity index (χ4n) is 2.14. The Morgan fingerprint density at radius 1 is 1.54 bits per heavy atom. The van der Waals surface area contributed by atoms with E-state index in [-0.39, 0.29) is 24.0 Å². The maximum absolute atomic E-state index is 11.6. The number of rotatable bonds is 8. The molecule has 0 aliphatic rings. The summed E-state index contributed by atoms with van der Waals surface area (Å²) in [6.45, 7) is 9.55. The van der Waals surface area contributed by atoms with E-state index in [1.54, 1.807) is 13.0 Å². The molecule has 0 spiro atoms. The van der Waals surface area contributed by atoms with Crippen molar-refractivity contribution < 1.29 is 13.9 Å². The van der Waals surface area contributed by atoms with E-state index in [2.05, 4.69) is 21.8 Å². The molecular formula is C17H28IN3O3. The van der Waals surface area contributed by atoms with Crippen LogP contribution >= 0.6 is 24.0 Å². The zero-order chi connectivity index (χ0) is 17.2. The lowest BCUT2D eigenvalue weighted by molar-refractivity contribution is 0.0599. The van der Waals surface area contributed by atoms with Gasteiger partial charge in [0.05, 0.1) is 7.11 Å². The third-order valence-corrected chi connectivity index (χ3v) is 3.36. The number of aliphatic imine (C=N–C) groups is 1. The number of esters is 1. The molecule has 0 saturated heterocycles. The van der Waals surface area contributed by atoms with Crippen LogP contribution in [-0.4, -0.2) is 44.1 Å². The summed E-state index contributed by atoms with van der Waals surface area (Å²) in [4.78, 5) is 18.2. The molecule has 6 nitrogen and oxygen atoms in total. The van der Waals surface area contributed by atoms with Gasteiger partial charge >= 0.3 is 5.97 Å². The highest BCUT2D eigenvalue weighted by atomic mass is 127. The number of allylic oxidation sites excluding steroid dienone is 1. The highest BCUT2D eigenvalue weighted by Gasteiger charge is 2.15. The lowest BCUT2D eigenvalue weighted by atomic mass is 10.2. The smallest absolute Gasteiger partial charge is 0.341 e. The van der Waals surface area contributed by atoms with Gasteiger partial charge in [0, 0.05) is 20.1 Å². The standard InChI is InChI=1S/C17H27N3O3.HI/c1-6-8-9-10-20(4)17(18-7-2)19-12-14-11-15(13(3)23-14)16(21)22-5;/h6,11H,1,7-10,12H2,2-5H3,(H,18,19);1H. The van der Waals surface area contributed by atoms with Crippen molar-refractivity contribution in [1.82, 2.24) is 10.2 Å². The molecule has 0 saturated carbocycles. The summed E-state index contributed by atoms with van der Waals surface area (Å²) in [6, 6.07) is 1.69. The minimum atomic E-state index is -0.394. The number of nitrogens with one attached hydrogen (secondary N) is 1. The molecule has 0 aromatic carbocycles. The summed E-state index contributed by atoms with van der Waals surface area (Å²) in [7, 11) is 3.35. The number of methoxy groups -OCH3 is 1. The number of carbonyl (C=O) groups is 1. The van der Waals surface area contributed by atoms with Gasteiger partial charge in [0.1, 0.15) is 23.6 Å². The molecule has 0 unspecified atom stereocenters. The van der Waals surface area contributed by atoms with Crippen LogP contribution in [0.3, 0.4) is 0 Å². The molecule has 0 aliphatic heterocycles. The van der Waals surface area contributed by atoms with Crippen LogP contribution in [0.25, 0.3) is 0 Å². The first-order valence-corrected chi connectivity index (χ1v) is 7.81. The molecule has 1 heterocycles. The number of furan rings is 1. The summed E-state index contributed by atoms with van der Waals surface area (Å²) < 4.78 is 10.3. The van der Waals surface area contributed by atoms with Crippen molar-refractivity contribution in [3.8, 4) is 0 Å². The highest BCUT2D eigenvalue weighted by molar-refractivity contribution is 14.0. The summed E-state index contributed by atoms with van der Waals surface area (Å²) in [5.74, 6) is 1.60. The molecule has 0 aliphatic carbocycles. The number of hydrogen-bond acceptors (Lipinski definition) is 4. The number of carbonyl (C=O) groups excluding carboxylic acids is 1. The molecule has 0 amide bonds. The van der Waals surface area contributed by atoms with Crippen LogP contribution in [-0.2, 0) is 11.3 Å². The van der Waals surface area contributed by atoms with E-state index >= 15 is 0 Å². The number of halogens is 1. The number of guanidine groups is 1. The normalized spacial score (nSPS) is 10.8. The number of hydrogen-bond donors (Lipinski definition) is 1. The van der Waals surface area contributed by atoms with Crippen LogP contribution in [0.5, 0.6) is 0 Å². The average Bonchev–Trinajstić information content (AvgIpc) is 2.91. The third-order valence-electron chi connectivity index (χ3n) is 3.36. The van der Waals surface area contributed by atoms with E-state index in [1.807, 2.05) is 20.0 Å². The van der Waals surface area contributed by atoms with Crippen molar-refractivity contribution in [1.29, 1.82) is 0 Å². The second-order valence-corrected chi connectivity index (χ2v) is 5.20. The van der Waals surface area contributed by atoms with Crippen LogP contribution in [0, 0.1) is 6.92 Å². The van der Waals surface area contributed by atoms with Crippen molar-refractivity contribution in [2.75, 3.05) is 27.2 Å². The topological polar surface area (TPSA) is 67.1 Å². The predicted molar refractivity (Wildman–Crippen MR) is 107 cm³/mol. The zero-order valence-corrected chi connectivity index (χ0v) is 17.3. The SMILES string of the molecule is C=CCCCN(C)C(=NCc1cc(C(=O)OC)c(C)o1)NCC.I. The molecule has 0 fully saturated rings. The lowest BCUT2D eigenvalue weighted by Crippen LogP contribution is -2.39. The first-order valence-electron chi connectivity index (χ1n) is 7.81. The second-order valence-electron chi connectivity index (χ2n) is 5.20. The fraction of sp³-hybridized carbons (Fsp3) is 0.529. The molecule has 1 N–H and O–H groups in total.